The van der Waals surface area contributed by atoms with Crippen LogP contribution in [0.5, 0.6) is 0 Å². The lowest BCUT2D eigenvalue weighted by Crippen LogP contribution is -2.25. The Morgan fingerprint density at radius 1 is 1.29 bits per heavy atom. The van der Waals surface area contributed by atoms with Crippen LogP contribution in [0.2, 0.25) is 0 Å². The van der Waals surface area contributed by atoms with Gasteiger partial charge in [-0.05, 0) is 11.4 Å². The topological polar surface area (TPSA) is 102 Å². The number of hydrogen-bond acceptors (Lipinski definition) is 8. The van der Waals surface area contributed by atoms with Gasteiger partial charge in [0.05, 0.1) is 10.6 Å². The Hall–Kier alpha value is -2.50. The molecule has 2 N–H and O–H groups in total. The second-order valence-electron chi connectivity index (χ2n) is 5.46. The van der Waals surface area contributed by atoms with Gasteiger partial charge in [0.25, 0.3) is 5.91 Å². The lowest BCUT2D eigenvalue weighted by Gasteiger charge is -2.08. The summed E-state index contributed by atoms with van der Waals surface area (Å²) >= 11 is 4.06. The van der Waals surface area contributed by atoms with Crippen LogP contribution in [0.1, 0.15) is 15.5 Å². The maximum absolute atomic E-state index is 12.0. The first-order valence-electron chi connectivity index (χ1n) is 8.34. The number of amides is 2. The van der Waals surface area contributed by atoms with Gasteiger partial charge in [-0.3, -0.25) is 9.59 Å². The molecule has 0 saturated carbocycles. The van der Waals surface area contributed by atoms with E-state index >= 15 is 0 Å². The monoisotopic (exact) mass is 434 g/mol. The number of carbonyl (C=O) groups excluding carboxylic acids is 2. The van der Waals surface area contributed by atoms with E-state index in [2.05, 4.69) is 32.4 Å². The molecule has 0 aliphatic heterocycles. The van der Waals surface area contributed by atoms with E-state index in [1.54, 1.807) is 23.7 Å². The van der Waals surface area contributed by atoms with Gasteiger partial charge in [0.1, 0.15) is 5.82 Å². The van der Waals surface area contributed by atoms with E-state index in [0.29, 0.717) is 34.7 Å². The minimum atomic E-state index is -0.155. The van der Waals surface area contributed by atoms with E-state index in [9.17, 15) is 9.59 Å². The van der Waals surface area contributed by atoms with Gasteiger partial charge in [-0.15, -0.1) is 39.4 Å². The second-order valence-corrected chi connectivity index (χ2v) is 8.24. The van der Waals surface area contributed by atoms with Crippen LogP contribution < -0.4 is 10.6 Å². The van der Waals surface area contributed by atoms with Gasteiger partial charge in [-0.1, -0.05) is 23.9 Å². The van der Waals surface area contributed by atoms with Crippen LogP contribution in [0.3, 0.4) is 0 Å². The third kappa shape index (κ3) is 5.50. The van der Waals surface area contributed by atoms with Gasteiger partial charge in [-0.2, -0.15) is 0 Å². The molecule has 11 heteroatoms. The van der Waals surface area contributed by atoms with Crippen molar-refractivity contribution in [2.24, 2.45) is 0 Å². The molecule has 28 heavy (non-hydrogen) atoms. The summed E-state index contributed by atoms with van der Waals surface area (Å²) in [5, 5.41) is 18.9. The summed E-state index contributed by atoms with van der Waals surface area (Å²) in [7, 11) is 0. The highest BCUT2D eigenvalue weighted by molar-refractivity contribution is 7.99. The first-order valence-corrected chi connectivity index (χ1v) is 11.1. The zero-order valence-corrected chi connectivity index (χ0v) is 17.3. The SMILES string of the molecule is C=CCn1c(CCNC(=O)c2cccs2)nnc1SCC(=O)Nc1nccs1. The fourth-order valence-electron chi connectivity index (χ4n) is 2.28. The van der Waals surface area contributed by atoms with Crippen LogP contribution in [0.15, 0.2) is 46.9 Å². The number of hydrogen-bond donors (Lipinski definition) is 2. The van der Waals surface area contributed by atoms with E-state index < -0.39 is 0 Å². The molecule has 0 aromatic carbocycles. The first-order chi connectivity index (χ1) is 13.7. The number of aromatic nitrogens is 4. The Balaban J connectivity index is 1.54. The number of allylic oxidation sites excluding steroid dienone is 1. The molecule has 3 rings (SSSR count). The molecule has 0 radical (unpaired) electrons. The summed E-state index contributed by atoms with van der Waals surface area (Å²) in [6.45, 7) is 4.74. The molecule has 8 nitrogen and oxygen atoms in total. The molecule has 3 aromatic rings. The van der Waals surface area contributed by atoms with Crippen molar-refractivity contribution in [2.45, 2.75) is 18.1 Å². The number of thiazole rings is 1. The van der Waals surface area contributed by atoms with Crippen LogP contribution in [0.4, 0.5) is 5.13 Å². The Bertz CT molecular complexity index is 921. The molecule has 3 aromatic heterocycles. The molecular formula is C17H18N6O2S3. The minimum absolute atomic E-state index is 0.0988. The number of rotatable bonds is 10. The average molecular weight is 435 g/mol. The van der Waals surface area contributed by atoms with E-state index in [-0.39, 0.29) is 17.6 Å². The van der Waals surface area contributed by atoms with Crippen LogP contribution >= 0.6 is 34.4 Å². The number of thiophene rings is 1. The van der Waals surface area contributed by atoms with Crippen molar-refractivity contribution in [3.05, 3.63) is 52.4 Å². The highest BCUT2D eigenvalue weighted by atomic mass is 32.2. The molecule has 0 aliphatic rings. The van der Waals surface area contributed by atoms with Crippen molar-refractivity contribution in [2.75, 3.05) is 17.6 Å². The second kappa shape index (κ2) is 10.2. The molecular weight excluding hydrogens is 416 g/mol. The molecule has 0 aliphatic carbocycles. The van der Waals surface area contributed by atoms with Crippen molar-refractivity contribution in [3.8, 4) is 0 Å². The van der Waals surface area contributed by atoms with E-state index in [1.807, 2.05) is 16.0 Å². The molecule has 3 heterocycles. The lowest BCUT2D eigenvalue weighted by molar-refractivity contribution is -0.113. The predicted molar refractivity (Wildman–Crippen MR) is 112 cm³/mol. The summed E-state index contributed by atoms with van der Waals surface area (Å²) in [5.41, 5.74) is 0. The normalized spacial score (nSPS) is 10.6. The van der Waals surface area contributed by atoms with Gasteiger partial charge < -0.3 is 15.2 Å². The number of nitrogens with zero attached hydrogens (tertiary/aromatic N) is 4. The van der Waals surface area contributed by atoms with Crippen molar-refractivity contribution >= 4 is 51.4 Å². The van der Waals surface area contributed by atoms with Gasteiger partial charge in [-0.25, -0.2) is 4.98 Å². The van der Waals surface area contributed by atoms with Gasteiger partial charge in [0.2, 0.25) is 5.91 Å². The van der Waals surface area contributed by atoms with Crippen molar-refractivity contribution in [1.29, 1.82) is 0 Å². The van der Waals surface area contributed by atoms with Crippen molar-refractivity contribution < 1.29 is 9.59 Å². The van der Waals surface area contributed by atoms with Crippen molar-refractivity contribution in [1.82, 2.24) is 25.1 Å². The number of nitrogens with one attached hydrogen (secondary N) is 2. The molecule has 2 amide bonds. The number of thioether (sulfide) groups is 1. The number of anilines is 1. The Morgan fingerprint density at radius 2 is 2.18 bits per heavy atom. The molecule has 0 atom stereocenters. The fourth-order valence-corrected chi connectivity index (χ4v) is 4.23. The third-order valence-corrected chi connectivity index (χ3v) is 6.02. The van der Waals surface area contributed by atoms with Crippen LogP contribution in [0, 0.1) is 0 Å². The average Bonchev–Trinajstić information content (AvgIpc) is 3.43. The lowest BCUT2D eigenvalue weighted by atomic mass is 10.3. The summed E-state index contributed by atoms with van der Waals surface area (Å²) in [5.74, 6) is 0.676. The Labute approximate surface area is 174 Å². The van der Waals surface area contributed by atoms with E-state index in [4.69, 9.17) is 0 Å². The molecule has 0 bridgehead atoms. The van der Waals surface area contributed by atoms with Crippen LogP contribution in [-0.2, 0) is 17.8 Å². The third-order valence-electron chi connectivity index (χ3n) is 3.50. The van der Waals surface area contributed by atoms with Crippen LogP contribution in [0.25, 0.3) is 0 Å². The zero-order valence-electron chi connectivity index (χ0n) is 14.8. The largest absolute Gasteiger partial charge is 0.351 e. The molecule has 0 fully saturated rings. The standard InChI is InChI=1S/C17H18N6O2S3/c1-2-8-23-13(5-6-18-15(25)12-4-3-9-26-12)21-22-17(23)28-11-14(24)20-16-19-7-10-27-16/h2-4,7,9-10H,1,5-6,8,11H2,(H,18,25)(H,19,20,24). The zero-order chi connectivity index (χ0) is 19.8. The van der Waals surface area contributed by atoms with Crippen molar-refractivity contribution in [3.63, 3.8) is 0 Å². The molecule has 146 valence electrons. The Kier molecular flexibility index (Phi) is 7.34. The highest BCUT2D eigenvalue weighted by Crippen LogP contribution is 2.19. The summed E-state index contributed by atoms with van der Waals surface area (Å²) < 4.78 is 1.89. The molecule has 0 spiro atoms. The molecule has 0 saturated heterocycles. The maximum Gasteiger partial charge on any atom is 0.261 e. The highest BCUT2D eigenvalue weighted by Gasteiger charge is 2.14. The quantitative estimate of drug-likeness (QED) is 0.376. The summed E-state index contributed by atoms with van der Waals surface area (Å²) in [6.07, 6.45) is 3.91. The smallest absolute Gasteiger partial charge is 0.261 e. The molecule has 0 unspecified atom stereocenters. The summed E-state index contributed by atoms with van der Waals surface area (Å²) in [4.78, 5) is 28.7. The summed E-state index contributed by atoms with van der Waals surface area (Å²) in [6, 6.07) is 3.63. The fraction of sp³-hybridized carbons (Fsp3) is 0.235. The first kappa shape index (κ1) is 20.2. The Morgan fingerprint density at radius 3 is 2.89 bits per heavy atom. The maximum atomic E-state index is 12.0. The predicted octanol–water partition coefficient (Wildman–Crippen LogP) is 2.69. The van der Waals surface area contributed by atoms with Gasteiger partial charge >= 0.3 is 0 Å². The minimum Gasteiger partial charge on any atom is -0.351 e. The van der Waals surface area contributed by atoms with Gasteiger partial charge in [0.15, 0.2) is 10.3 Å². The van der Waals surface area contributed by atoms with E-state index in [1.165, 1.54) is 34.4 Å². The van der Waals surface area contributed by atoms with Gasteiger partial charge in [0, 0.05) is 31.1 Å². The number of carbonyl (C=O) groups is 2. The van der Waals surface area contributed by atoms with E-state index in [0.717, 1.165) is 5.82 Å². The van der Waals surface area contributed by atoms with Crippen LogP contribution in [-0.4, -0.2) is 43.9 Å².